The van der Waals surface area contributed by atoms with Gasteiger partial charge in [0.1, 0.15) is 11.4 Å². The van der Waals surface area contributed by atoms with Gasteiger partial charge in [0.2, 0.25) is 5.91 Å². The third-order valence-corrected chi connectivity index (χ3v) is 6.00. The molecule has 3 aliphatic rings. The first-order chi connectivity index (χ1) is 12.3. The van der Waals surface area contributed by atoms with Crippen molar-refractivity contribution in [3.8, 4) is 0 Å². The van der Waals surface area contributed by atoms with Crippen LogP contribution < -0.4 is 0 Å². The summed E-state index contributed by atoms with van der Waals surface area (Å²) in [6.07, 6.45) is 0.282. The van der Waals surface area contributed by atoms with E-state index in [0.29, 0.717) is 25.4 Å². The highest BCUT2D eigenvalue weighted by Gasteiger charge is 2.53. The molecule has 2 aliphatic heterocycles. The second-order valence-corrected chi connectivity index (χ2v) is 7.66. The lowest BCUT2D eigenvalue weighted by Gasteiger charge is -2.45. The lowest BCUT2D eigenvalue weighted by atomic mass is 9.85. The summed E-state index contributed by atoms with van der Waals surface area (Å²) in [5, 5.41) is 0. The molecule has 0 N–H and O–H groups in total. The van der Waals surface area contributed by atoms with Gasteiger partial charge in [-0.2, -0.15) is 13.2 Å². The summed E-state index contributed by atoms with van der Waals surface area (Å²) in [4.78, 5) is 17.0. The van der Waals surface area contributed by atoms with E-state index in [0.717, 1.165) is 38.3 Å². The van der Waals surface area contributed by atoms with Crippen molar-refractivity contribution < 1.29 is 22.4 Å². The molecular weight excluding hydrogens is 348 g/mol. The van der Waals surface area contributed by atoms with Crippen molar-refractivity contribution in [2.24, 2.45) is 0 Å². The lowest BCUT2D eigenvalue weighted by Crippen LogP contribution is -2.60. The van der Waals surface area contributed by atoms with E-state index in [1.54, 1.807) is 0 Å². The predicted molar refractivity (Wildman–Crippen MR) is 87.7 cm³/mol. The van der Waals surface area contributed by atoms with E-state index < -0.39 is 23.1 Å². The van der Waals surface area contributed by atoms with Crippen LogP contribution in [0, 0.1) is 5.82 Å². The molecule has 0 aromatic heterocycles. The minimum absolute atomic E-state index is 0.0448. The SMILES string of the molecule is O=C1N(C2CC2)CCCC12CCCN2Cc1cccc(F)c1C(F)(F)F. The summed E-state index contributed by atoms with van der Waals surface area (Å²) in [5.74, 6) is -1.19. The molecule has 26 heavy (non-hydrogen) atoms. The molecule has 1 unspecified atom stereocenters. The number of amides is 1. The van der Waals surface area contributed by atoms with Crippen LogP contribution in [0.25, 0.3) is 0 Å². The number of hydrogen-bond acceptors (Lipinski definition) is 2. The minimum Gasteiger partial charge on any atom is -0.338 e. The van der Waals surface area contributed by atoms with Crippen LogP contribution in [0.3, 0.4) is 0 Å². The number of piperidine rings is 1. The average Bonchev–Trinajstić information content (AvgIpc) is 3.33. The zero-order valence-electron chi connectivity index (χ0n) is 14.5. The Labute approximate surface area is 150 Å². The number of halogens is 4. The van der Waals surface area contributed by atoms with Gasteiger partial charge in [0.25, 0.3) is 0 Å². The van der Waals surface area contributed by atoms with Crippen molar-refractivity contribution in [3.05, 3.63) is 35.1 Å². The second-order valence-electron chi connectivity index (χ2n) is 7.66. The summed E-state index contributed by atoms with van der Waals surface area (Å²) in [5.41, 5.74) is -2.00. The minimum atomic E-state index is -4.75. The molecule has 2 heterocycles. The molecule has 0 bridgehead atoms. The van der Waals surface area contributed by atoms with Crippen LogP contribution in [0.1, 0.15) is 49.7 Å². The van der Waals surface area contributed by atoms with Crippen LogP contribution in [0.15, 0.2) is 18.2 Å². The molecule has 4 rings (SSSR count). The quantitative estimate of drug-likeness (QED) is 0.752. The van der Waals surface area contributed by atoms with E-state index >= 15 is 0 Å². The number of benzene rings is 1. The van der Waals surface area contributed by atoms with Crippen LogP contribution >= 0.6 is 0 Å². The lowest BCUT2D eigenvalue weighted by molar-refractivity contribution is -0.148. The monoisotopic (exact) mass is 370 g/mol. The Morgan fingerprint density at radius 2 is 1.81 bits per heavy atom. The molecule has 0 radical (unpaired) electrons. The van der Waals surface area contributed by atoms with Crippen molar-refractivity contribution in [2.45, 2.75) is 62.8 Å². The van der Waals surface area contributed by atoms with E-state index in [-0.39, 0.29) is 18.0 Å². The van der Waals surface area contributed by atoms with E-state index in [4.69, 9.17) is 0 Å². The molecule has 3 nitrogen and oxygen atoms in total. The molecule has 1 amide bonds. The van der Waals surface area contributed by atoms with Crippen LogP contribution in [0.4, 0.5) is 17.6 Å². The Morgan fingerprint density at radius 1 is 1.12 bits per heavy atom. The zero-order valence-corrected chi connectivity index (χ0v) is 14.5. The molecule has 3 fully saturated rings. The zero-order chi connectivity index (χ0) is 18.5. The van der Waals surface area contributed by atoms with Gasteiger partial charge in [0, 0.05) is 19.1 Å². The Bertz CT molecular complexity index is 716. The van der Waals surface area contributed by atoms with Gasteiger partial charge >= 0.3 is 6.18 Å². The molecule has 1 aromatic carbocycles. The number of rotatable bonds is 3. The van der Waals surface area contributed by atoms with Crippen LogP contribution in [-0.2, 0) is 17.5 Å². The number of carbonyl (C=O) groups is 1. The van der Waals surface area contributed by atoms with Crippen molar-refractivity contribution in [1.29, 1.82) is 0 Å². The Balaban J connectivity index is 1.64. The predicted octanol–water partition coefficient (Wildman–Crippen LogP) is 3.96. The summed E-state index contributed by atoms with van der Waals surface area (Å²) >= 11 is 0. The molecule has 1 spiro atoms. The summed E-state index contributed by atoms with van der Waals surface area (Å²) in [6.45, 7) is 1.27. The number of carbonyl (C=O) groups excluding carboxylic acids is 1. The van der Waals surface area contributed by atoms with Crippen molar-refractivity contribution in [2.75, 3.05) is 13.1 Å². The van der Waals surface area contributed by atoms with E-state index in [2.05, 4.69) is 0 Å². The smallest absolute Gasteiger partial charge is 0.338 e. The van der Waals surface area contributed by atoms with Crippen molar-refractivity contribution >= 4 is 5.91 Å². The topological polar surface area (TPSA) is 23.6 Å². The van der Waals surface area contributed by atoms with Crippen molar-refractivity contribution in [3.63, 3.8) is 0 Å². The van der Waals surface area contributed by atoms with Crippen LogP contribution in [0.2, 0.25) is 0 Å². The largest absolute Gasteiger partial charge is 0.419 e. The molecule has 1 saturated carbocycles. The highest BCUT2D eigenvalue weighted by atomic mass is 19.4. The first-order valence-corrected chi connectivity index (χ1v) is 9.24. The van der Waals surface area contributed by atoms with Gasteiger partial charge in [0.15, 0.2) is 0 Å². The maximum atomic E-state index is 13.9. The molecule has 2 saturated heterocycles. The summed E-state index contributed by atoms with van der Waals surface area (Å²) in [7, 11) is 0. The molecular formula is C19H22F4N2O. The molecule has 1 atom stereocenters. The summed E-state index contributed by atoms with van der Waals surface area (Å²) < 4.78 is 53.9. The van der Waals surface area contributed by atoms with Gasteiger partial charge in [-0.1, -0.05) is 12.1 Å². The number of alkyl halides is 3. The first kappa shape index (κ1) is 17.8. The highest BCUT2D eigenvalue weighted by Crippen LogP contribution is 2.43. The van der Waals surface area contributed by atoms with E-state index in [1.807, 2.05) is 9.80 Å². The third-order valence-electron chi connectivity index (χ3n) is 6.00. The first-order valence-electron chi connectivity index (χ1n) is 9.24. The van der Waals surface area contributed by atoms with E-state index in [9.17, 15) is 22.4 Å². The fourth-order valence-corrected chi connectivity index (χ4v) is 4.67. The summed E-state index contributed by atoms with van der Waals surface area (Å²) in [6, 6.07) is 3.78. The van der Waals surface area contributed by atoms with Crippen LogP contribution in [-0.4, -0.2) is 40.4 Å². The standard InChI is InChI=1S/C19H22F4N2O/c20-15-5-1-4-13(16(15)19(21,22)23)12-24-10-2-8-18(24)9-3-11-25(17(18)26)14-6-7-14/h1,4-5,14H,2-3,6-12H2. The normalized spacial score (nSPS) is 27.5. The van der Waals surface area contributed by atoms with E-state index in [1.165, 1.54) is 12.1 Å². The fourth-order valence-electron chi connectivity index (χ4n) is 4.67. The fraction of sp³-hybridized carbons (Fsp3) is 0.632. The maximum Gasteiger partial charge on any atom is 0.419 e. The van der Waals surface area contributed by atoms with Gasteiger partial charge in [0.05, 0.1) is 5.56 Å². The number of nitrogens with zero attached hydrogens (tertiary/aromatic N) is 2. The molecule has 7 heteroatoms. The van der Waals surface area contributed by atoms with Gasteiger partial charge in [-0.25, -0.2) is 4.39 Å². The Morgan fingerprint density at radius 3 is 2.46 bits per heavy atom. The number of hydrogen-bond donors (Lipinski definition) is 0. The van der Waals surface area contributed by atoms with Gasteiger partial charge < -0.3 is 4.90 Å². The van der Waals surface area contributed by atoms with Gasteiger partial charge in [-0.15, -0.1) is 0 Å². The van der Waals surface area contributed by atoms with Gasteiger partial charge in [-0.05, 0) is 56.7 Å². The molecule has 1 aromatic rings. The highest BCUT2D eigenvalue weighted by molar-refractivity contribution is 5.88. The molecule has 142 valence electrons. The van der Waals surface area contributed by atoms with Gasteiger partial charge in [-0.3, -0.25) is 9.69 Å². The second kappa shape index (κ2) is 6.22. The van der Waals surface area contributed by atoms with Crippen molar-refractivity contribution in [1.82, 2.24) is 9.80 Å². The third kappa shape index (κ3) is 2.90. The van der Waals surface area contributed by atoms with Crippen LogP contribution in [0.5, 0.6) is 0 Å². The maximum absolute atomic E-state index is 13.9. The molecule has 1 aliphatic carbocycles. The Kier molecular flexibility index (Phi) is 4.25. The Hall–Kier alpha value is -1.63. The average molecular weight is 370 g/mol. The number of likely N-dealkylation sites (tertiary alicyclic amines) is 2.